The Hall–Kier alpha value is -0.690. The summed E-state index contributed by atoms with van der Waals surface area (Å²) in [5.41, 5.74) is -0.601. The predicted molar refractivity (Wildman–Crippen MR) is 79.3 cm³/mol. The van der Waals surface area contributed by atoms with E-state index >= 15 is 0 Å². The maximum atomic E-state index is 12.2. The van der Waals surface area contributed by atoms with Gasteiger partial charge in [-0.25, -0.2) is 0 Å². The molecule has 1 rings (SSSR count). The first kappa shape index (κ1) is 18.4. The lowest BCUT2D eigenvalue weighted by Crippen LogP contribution is -2.55. The van der Waals surface area contributed by atoms with Gasteiger partial charge in [0.15, 0.2) is 0 Å². The molecule has 1 aliphatic carbocycles. The van der Waals surface area contributed by atoms with Crippen molar-refractivity contribution in [2.75, 3.05) is 47.2 Å². The summed E-state index contributed by atoms with van der Waals surface area (Å²) in [4.78, 5) is 12.2. The van der Waals surface area contributed by atoms with Crippen LogP contribution in [0.3, 0.4) is 0 Å². The highest BCUT2D eigenvalue weighted by Crippen LogP contribution is 2.31. The van der Waals surface area contributed by atoms with E-state index in [0.29, 0.717) is 39.5 Å². The molecule has 0 aromatic carbocycles. The summed E-state index contributed by atoms with van der Waals surface area (Å²) in [5.74, 6) is -0.169. The molecule has 0 radical (unpaired) electrons. The van der Waals surface area contributed by atoms with Crippen molar-refractivity contribution in [2.24, 2.45) is 0 Å². The van der Waals surface area contributed by atoms with Gasteiger partial charge in [-0.05, 0) is 33.2 Å². The van der Waals surface area contributed by atoms with Crippen LogP contribution in [-0.4, -0.2) is 64.8 Å². The Morgan fingerprint density at radius 3 is 2.71 bits per heavy atom. The van der Waals surface area contributed by atoms with Gasteiger partial charge in [-0.15, -0.1) is 0 Å². The van der Waals surface area contributed by atoms with Gasteiger partial charge in [0.05, 0.1) is 39.1 Å². The third-order valence-electron chi connectivity index (χ3n) is 3.86. The highest BCUT2D eigenvalue weighted by Gasteiger charge is 2.43. The van der Waals surface area contributed by atoms with E-state index in [1.165, 1.54) is 0 Å². The molecule has 1 aliphatic rings. The molecule has 0 spiro atoms. The Bertz CT molecular complexity index is 300. The zero-order valence-corrected chi connectivity index (χ0v) is 13.5. The van der Waals surface area contributed by atoms with Gasteiger partial charge in [0.25, 0.3) is 0 Å². The number of esters is 1. The molecule has 21 heavy (non-hydrogen) atoms. The summed E-state index contributed by atoms with van der Waals surface area (Å²) in [6, 6.07) is 0. The van der Waals surface area contributed by atoms with Crippen LogP contribution in [0.2, 0.25) is 0 Å². The highest BCUT2D eigenvalue weighted by atomic mass is 16.5. The van der Waals surface area contributed by atoms with Gasteiger partial charge in [-0.1, -0.05) is 0 Å². The summed E-state index contributed by atoms with van der Waals surface area (Å²) in [6.45, 7) is 4.49. The first-order valence-electron chi connectivity index (χ1n) is 7.73. The number of carbonyl (C=O) groups excluding carboxylic acids is 1. The van der Waals surface area contributed by atoms with Crippen LogP contribution < -0.4 is 5.32 Å². The molecule has 0 aromatic heterocycles. The Kier molecular flexibility index (Phi) is 8.84. The molecule has 0 saturated heterocycles. The van der Waals surface area contributed by atoms with Crippen LogP contribution in [0.1, 0.15) is 32.6 Å². The quantitative estimate of drug-likeness (QED) is 0.482. The van der Waals surface area contributed by atoms with E-state index in [1.54, 1.807) is 7.11 Å². The Morgan fingerprint density at radius 1 is 1.29 bits per heavy atom. The first-order chi connectivity index (χ1) is 10.2. The van der Waals surface area contributed by atoms with Crippen molar-refractivity contribution in [3.8, 4) is 0 Å². The number of methoxy groups -OCH3 is 1. The topological polar surface area (TPSA) is 66.0 Å². The van der Waals surface area contributed by atoms with Gasteiger partial charge >= 0.3 is 5.97 Å². The number of rotatable bonds is 10. The van der Waals surface area contributed by atoms with Gasteiger partial charge in [0.1, 0.15) is 5.54 Å². The van der Waals surface area contributed by atoms with E-state index < -0.39 is 5.54 Å². The maximum absolute atomic E-state index is 12.2. The minimum atomic E-state index is -0.601. The fourth-order valence-electron chi connectivity index (χ4n) is 2.67. The average Bonchev–Trinajstić information content (AvgIpc) is 2.51. The predicted octanol–water partition coefficient (Wildman–Crippen LogP) is 1.13. The number of likely N-dealkylation sites (N-methyl/N-ethyl adjacent to an activating group) is 1. The molecule has 0 heterocycles. The maximum Gasteiger partial charge on any atom is 0.326 e. The van der Waals surface area contributed by atoms with E-state index in [9.17, 15) is 4.79 Å². The van der Waals surface area contributed by atoms with E-state index in [0.717, 1.165) is 19.3 Å². The third kappa shape index (κ3) is 5.90. The van der Waals surface area contributed by atoms with Crippen molar-refractivity contribution >= 4 is 5.97 Å². The Morgan fingerprint density at radius 2 is 2.05 bits per heavy atom. The van der Waals surface area contributed by atoms with E-state index in [-0.39, 0.29) is 12.1 Å². The van der Waals surface area contributed by atoms with E-state index in [2.05, 4.69) is 5.32 Å². The average molecular weight is 303 g/mol. The van der Waals surface area contributed by atoms with Gasteiger partial charge in [0.2, 0.25) is 0 Å². The van der Waals surface area contributed by atoms with Crippen LogP contribution in [-0.2, 0) is 23.7 Å². The van der Waals surface area contributed by atoms with Crippen LogP contribution in [0.5, 0.6) is 0 Å². The molecule has 0 bridgehead atoms. The Labute approximate surface area is 127 Å². The minimum Gasteiger partial charge on any atom is -0.465 e. The smallest absolute Gasteiger partial charge is 0.326 e. The van der Waals surface area contributed by atoms with Gasteiger partial charge < -0.3 is 24.3 Å². The fraction of sp³-hybridized carbons (Fsp3) is 0.933. The van der Waals surface area contributed by atoms with Gasteiger partial charge in [-0.3, -0.25) is 4.79 Å². The number of ether oxygens (including phenoxy) is 4. The van der Waals surface area contributed by atoms with Gasteiger partial charge in [0, 0.05) is 13.5 Å². The minimum absolute atomic E-state index is 0.0710. The lowest BCUT2D eigenvalue weighted by atomic mass is 9.80. The molecule has 6 nitrogen and oxygen atoms in total. The number of carbonyl (C=O) groups is 1. The molecule has 0 aromatic rings. The largest absolute Gasteiger partial charge is 0.465 e. The van der Waals surface area contributed by atoms with Crippen LogP contribution in [0, 0.1) is 0 Å². The number of hydrogen-bond acceptors (Lipinski definition) is 6. The summed E-state index contributed by atoms with van der Waals surface area (Å²) in [5, 5.41) is 3.15. The molecular formula is C15H29NO5. The highest BCUT2D eigenvalue weighted by molar-refractivity contribution is 5.81. The first-order valence-corrected chi connectivity index (χ1v) is 7.73. The molecule has 2 atom stereocenters. The van der Waals surface area contributed by atoms with E-state index in [4.69, 9.17) is 18.9 Å². The van der Waals surface area contributed by atoms with Crippen LogP contribution >= 0.6 is 0 Å². The standard InChI is InChI=1S/C15H29NO5/c1-4-20-14(17)15(16-2)7-5-6-13(12-15)21-11-10-19-9-8-18-3/h13,16H,4-12H2,1-3H3. The molecule has 0 aliphatic heterocycles. The zero-order valence-electron chi connectivity index (χ0n) is 13.5. The number of hydrogen-bond donors (Lipinski definition) is 1. The normalized spacial score (nSPS) is 25.8. The molecule has 1 fully saturated rings. The summed E-state index contributed by atoms with van der Waals surface area (Å²) in [7, 11) is 3.46. The van der Waals surface area contributed by atoms with Crippen molar-refractivity contribution < 1.29 is 23.7 Å². The molecule has 1 saturated carbocycles. The molecule has 0 amide bonds. The van der Waals surface area contributed by atoms with Crippen LogP contribution in [0.4, 0.5) is 0 Å². The van der Waals surface area contributed by atoms with E-state index in [1.807, 2.05) is 14.0 Å². The summed E-state index contributed by atoms with van der Waals surface area (Å²) < 4.78 is 21.3. The van der Waals surface area contributed by atoms with Crippen molar-refractivity contribution in [1.29, 1.82) is 0 Å². The Balaban J connectivity index is 2.34. The van der Waals surface area contributed by atoms with Crippen molar-refractivity contribution in [3.63, 3.8) is 0 Å². The molecule has 1 N–H and O–H groups in total. The van der Waals surface area contributed by atoms with Crippen molar-refractivity contribution in [2.45, 2.75) is 44.2 Å². The van der Waals surface area contributed by atoms with Crippen LogP contribution in [0.25, 0.3) is 0 Å². The third-order valence-corrected chi connectivity index (χ3v) is 3.86. The summed E-state index contributed by atoms with van der Waals surface area (Å²) >= 11 is 0. The molecule has 6 heteroatoms. The lowest BCUT2D eigenvalue weighted by Gasteiger charge is -2.38. The van der Waals surface area contributed by atoms with Crippen molar-refractivity contribution in [1.82, 2.24) is 5.32 Å². The van der Waals surface area contributed by atoms with Crippen LogP contribution in [0.15, 0.2) is 0 Å². The summed E-state index contributed by atoms with van der Waals surface area (Å²) in [6.07, 6.45) is 3.45. The lowest BCUT2D eigenvalue weighted by molar-refractivity contribution is -0.155. The second-order valence-electron chi connectivity index (χ2n) is 5.25. The second kappa shape index (κ2) is 10.1. The number of nitrogens with one attached hydrogen (secondary N) is 1. The molecule has 2 unspecified atom stereocenters. The van der Waals surface area contributed by atoms with Gasteiger partial charge in [-0.2, -0.15) is 0 Å². The monoisotopic (exact) mass is 303 g/mol. The molecular weight excluding hydrogens is 274 g/mol. The fourth-order valence-corrected chi connectivity index (χ4v) is 2.67. The van der Waals surface area contributed by atoms with Crippen molar-refractivity contribution in [3.05, 3.63) is 0 Å². The molecule has 124 valence electrons. The SMILES string of the molecule is CCOC(=O)C1(NC)CCCC(OCCOCCOC)C1. The second-order valence-corrected chi connectivity index (χ2v) is 5.25. The zero-order chi connectivity index (χ0) is 15.6.